The number of methoxy groups -OCH3 is 1. The third-order valence-corrected chi connectivity index (χ3v) is 6.59. The molecule has 188 valence electrons. The van der Waals surface area contributed by atoms with Crippen LogP contribution in [0, 0.1) is 20.8 Å². The van der Waals surface area contributed by atoms with Crippen LogP contribution >= 0.6 is 0 Å². The highest BCUT2D eigenvalue weighted by molar-refractivity contribution is 6.13. The molecule has 1 amide bonds. The number of nitrogens with one attached hydrogen (secondary N) is 1. The summed E-state index contributed by atoms with van der Waals surface area (Å²) >= 11 is 0. The number of nitrogens with zero attached hydrogens (tertiary/aromatic N) is 5. The van der Waals surface area contributed by atoms with Crippen molar-refractivity contribution in [3.63, 3.8) is 0 Å². The minimum absolute atomic E-state index is 0.201. The summed E-state index contributed by atoms with van der Waals surface area (Å²) in [5.41, 5.74) is 7.25. The molecular formula is C29H30N6O2. The Hall–Kier alpha value is -4.46. The molecule has 8 nitrogen and oxygen atoms in total. The van der Waals surface area contributed by atoms with Gasteiger partial charge in [0.15, 0.2) is 0 Å². The summed E-state index contributed by atoms with van der Waals surface area (Å²) in [5.74, 6) is 0.597. The standard InChI is InChI=1S/C29H30N6O2/c1-6-34-17-25(18(2)32-34)27-15-24(23-12-7-8-13-26(23)30-27)29(36)31-28-19(3)33-35(20(28)4)16-21-10-9-11-22(14-21)37-5/h7-15,17H,6,16H2,1-5H3,(H,31,36). The third kappa shape index (κ3) is 4.70. The van der Waals surface area contributed by atoms with Gasteiger partial charge in [-0.3, -0.25) is 14.2 Å². The number of aromatic nitrogens is 5. The van der Waals surface area contributed by atoms with Gasteiger partial charge in [-0.1, -0.05) is 30.3 Å². The van der Waals surface area contributed by atoms with Crippen molar-refractivity contribution in [2.24, 2.45) is 0 Å². The predicted octanol–water partition coefficient (Wildman–Crippen LogP) is 5.55. The molecule has 0 unspecified atom stereocenters. The lowest BCUT2D eigenvalue weighted by Crippen LogP contribution is -2.14. The van der Waals surface area contributed by atoms with E-state index in [2.05, 4.69) is 10.4 Å². The van der Waals surface area contributed by atoms with Gasteiger partial charge < -0.3 is 10.1 Å². The topological polar surface area (TPSA) is 86.9 Å². The largest absolute Gasteiger partial charge is 0.497 e. The van der Waals surface area contributed by atoms with E-state index in [-0.39, 0.29) is 5.91 Å². The number of ether oxygens (including phenoxy) is 1. The van der Waals surface area contributed by atoms with Crippen LogP contribution in [-0.4, -0.2) is 37.6 Å². The molecule has 0 radical (unpaired) electrons. The molecule has 0 bridgehead atoms. The Morgan fingerprint density at radius 2 is 1.81 bits per heavy atom. The summed E-state index contributed by atoms with van der Waals surface area (Å²) < 4.78 is 9.13. The number of amides is 1. The zero-order chi connectivity index (χ0) is 26.1. The lowest BCUT2D eigenvalue weighted by atomic mass is 10.0. The second kappa shape index (κ2) is 9.89. The van der Waals surface area contributed by atoms with Crippen molar-refractivity contribution in [1.29, 1.82) is 0 Å². The fourth-order valence-electron chi connectivity index (χ4n) is 4.59. The van der Waals surface area contributed by atoms with Gasteiger partial charge in [-0.15, -0.1) is 0 Å². The molecule has 0 aliphatic rings. The van der Waals surface area contributed by atoms with Gasteiger partial charge in [-0.05, 0) is 57.5 Å². The summed E-state index contributed by atoms with van der Waals surface area (Å²) in [6.07, 6.45) is 1.98. The number of para-hydroxylation sites is 1. The van der Waals surface area contributed by atoms with Gasteiger partial charge in [0.25, 0.3) is 5.91 Å². The number of hydrogen-bond donors (Lipinski definition) is 1. The van der Waals surface area contributed by atoms with E-state index in [0.717, 1.165) is 57.1 Å². The van der Waals surface area contributed by atoms with Crippen LogP contribution in [0.25, 0.3) is 22.2 Å². The van der Waals surface area contributed by atoms with Crippen molar-refractivity contribution >= 4 is 22.5 Å². The highest BCUT2D eigenvalue weighted by Gasteiger charge is 2.20. The van der Waals surface area contributed by atoms with Crippen LogP contribution in [0.5, 0.6) is 5.75 Å². The second-order valence-electron chi connectivity index (χ2n) is 9.07. The number of pyridine rings is 1. The first-order valence-electron chi connectivity index (χ1n) is 12.3. The van der Waals surface area contributed by atoms with Crippen LogP contribution in [0.15, 0.2) is 60.8 Å². The third-order valence-electron chi connectivity index (χ3n) is 6.59. The molecule has 37 heavy (non-hydrogen) atoms. The van der Waals surface area contributed by atoms with Crippen LogP contribution in [0.3, 0.4) is 0 Å². The summed E-state index contributed by atoms with van der Waals surface area (Å²) in [5, 5.41) is 13.2. The molecule has 0 atom stereocenters. The fraction of sp³-hybridized carbons (Fsp3) is 0.241. The number of benzene rings is 2. The van der Waals surface area contributed by atoms with Gasteiger partial charge in [-0.2, -0.15) is 10.2 Å². The molecule has 5 rings (SSSR count). The molecule has 0 spiro atoms. The van der Waals surface area contributed by atoms with Crippen LogP contribution in [0.4, 0.5) is 5.69 Å². The lowest BCUT2D eigenvalue weighted by molar-refractivity contribution is 0.102. The number of fused-ring (bicyclic) bond motifs is 1. The average Bonchev–Trinajstić information content (AvgIpc) is 3.42. The SMILES string of the molecule is CCn1cc(-c2cc(C(=O)Nc3c(C)nn(Cc4cccc(OC)c4)c3C)c3ccccc3n2)c(C)n1. The number of anilines is 1. The highest BCUT2D eigenvalue weighted by Crippen LogP contribution is 2.28. The van der Waals surface area contributed by atoms with Gasteiger partial charge in [0.1, 0.15) is 5.75 Å². The Kier molecular flexibility index (Phi) is 6.48. The van der Waals surface area contributed by atoms with Crippen molar-refractivity contribution in [3.8, 4) is 17.0 Å². The first-order valence-corrected chi connectivity index (χ1v) is 12.3. The number of carbonyl (C=O) groups is 1. The molecule has 0 saturated heterocycles. The molecule has 0 aliphatic heterocycles. The van der Waals surface area contributed by atoms with Crippen molar-refractivity contribution in [2.45, 2.75) is 40.8 Å². The van der Waals surface area contributed by atoms with E-state index in [9.17, 15) is 4.79 Å². The first kappa shape index (κ1) is 24.2. The Balaban J connectivity index is 1.50. The van der Waals surface area contributed by atoms with Gasteiger partial charge >= 0.3 is 0 Å². The van der Waals surface area contributed by atoms with E-state index in [1.807, 2.05) is 97.9 Å². The maximum absolute atomic E-state index is 13.7. The van der Waals surface area contributed by atoms with Gasteiger partial charge in [-0.25, -0.2) is 4.98 Å². The molecule has 2 aromatic carbocycles. The molecule has 3 heterocycles. The molecule has 8 heteroatoms. The number of carbonyl (C=O) groups excluding carboxylic acids is 1. The minimum Gasteiger partial charge on any atom is -0.497 e. The van der Waals surface area contributed by atoms with Gasteiger partial charge in [0.2, 0.25) is 0 Å². The maximum atomic E-state index is 13.7. The predicted molar refractivity (Wildman–Crippen MR) is 145 cm³/mol. The van der Waals surface area contributed by atoms with Crippen LogP contribution in [0.2, 0.25) is 0 Å². The summed E-state index contributed by atoms with van der Waals surface area (Å²) in [7, 11) is 1.65. The lowest BCUT2D eigenvalue weighted by Gasteiger charge is -2.11. The molecule has 0 saturated carbocycles. The Labute approximate surface area is 215 Å². The van der Waals surface area contributed by atoms with Crippen molar-refractivity contribution in [3.05, 3.63) is 89.0 Å². The quantitative estimate of drug-likeness (QED) is 0.321. The molecular weight excluding hydrogens is 464 g/mol. The second-order valence-corrected chi connectivity index (χ2v) is 9.07. The number of hydrogen-bond acceptors (Lipinski definition) is 5. The maximum Gasteiger partial charge on any atom is 0.256 e. The van der Waals surface area contributed by atoms with Crippen molar-refractivity contribution in [1.82, 2.24) is 24.5 Å². The summed E-state index contributed by atoms with van der Waals surface area (Å²) in [6, 6.07) is 17.5. The zero-order valence-electron chi connectivity index (χ0n) is 21.7. The van der Waals surface area contributed by atoms with Crippen LogP contribution in [0.1, 0.15) is 39.9 Å². The van der Waals surface area contributed by atoms with Gasteiger partial charge in [0.05, 0.1) is 53.2 Å². The van der Waals surface area contributed by atoms with Crippen molar-refractivity contribution in [2.75, 3.05) is 12.4 Å². The smallest absolute Gasteiger partial charge is 0.256 e. The van der Waals surface area contributed by atoms with E-state index >= 15 is 0 Å². The van der Waals surface area contributed by atoms with Gasteiger partial charge in [0, 0.05) is 23.7 Å². The van der Waals surface area contributed by atoms with Crippen molar-refractivity contribution < 1.29 is 9.53 Å². The first-order chi connectivity index (χ1) is 17.9. The van der Waals surface area contributed by atoms with E-state index in [0.29, 0.717) is 17.8 Å². The number of aryl methyl sites for hydroxylation is 3. The van der Waals surface area contributed by atoms with E-state index in [1.165, 1.54) is 0 Å². The Morgan fingerprint density at radius 1 is 1.00 bits per heavy atom. The molecule has 1 N–H and O–H groups in total. The van der Waals surface area contributed by atoms with E-state index in [1.54, 1.807) is 7.11 Å². The Bertz CT molecular complexity index is 1610. The van der Waals surface area contributed by atoms with E-state index < -0.39 is 0 Å². The molecule has 3 aromatic heterocycles. The Morgan fingerprint density at radius 3 is 2.57 bits per heavy atom. The molecule has 0 aliphatic carbocycles. The van der Waals surface area contributed by atoms with E-state index in [4.69, 9.17) is 14.8 Å². The van der Waals surface area contributed by atoms with Crippen LogP contribution in [-0.2, 0) is 13.1 Å². The molecule has 0 fully saturated rings. The van der Waals surface area contributed by atoms with Crippen LogP contribution < -0.4 is 10.1 Å². The monoisotopic (exact) mass is 494 g/mol. The minimum atomic E-state index is -0.201. The average molecular weight is 495 g/mol. The normalized spacial score (nSPS) is 11.2. The summed E-state index contributed by atoms with van der Waals surface area (Å²) in [4.78, 5) is 18.5. The highest BCUT2D eigenvalue weighted by atomic mass is 16.5. The zero-order valence-corrected chi connectivity index (χ0v) is 21.7. The number of rotatable bonds is 7. The molecule has 5 aromatic rings. The fourth-order valence-corrected chi connectivity index (χ4v) is 4.59. The summed E-state index contributed by atoms with van der Waals surface area (Å²) in [6.45, 7) is 9.21.